The number of amides is 1. The average Bonchev–Trinajstić information content (AvgIpc) is 2.80. The highest BCUT2D eigenvalue weighted by Crippen LogP contribution is 2.25. The number of nitrogens with one attached hydrogen (secondary N) is 2. The minimum Gasteiger partial charge on any atom is -0.496 e. The first kappa shape index (κ1) is 23.1. The number of anilines is 1. The molecule has 1 amide bonds. The molecule has 0 aromatic heterocycles. The molecule has 0 aliphatic heterocycles. The monoisotopic (exact) mass is 454 g/mol. The fourth-order valence-corrected chi connectivity index (χ4v) is 4.29. The van der Waals surface area contributed by atoms with Crippen LogP contribution in [0.25, 0.3) is 0 Å². The van der Waals surface area contributed by atoms with Gasteiger partial charge in [0, 0.05) is 16.8 Å². The molecule has 3 rings (SSSR count). The molecule has 8 heteroatoms. The number of sulfonamides is 1. The number of benzene rings is 3. The number of carbonyl (C=O) groups excluding carboxylic acids is 1. The standard InChI is InChI=1S/C24H26N2O5S/c1-4-31-20-14-12-19(13-15-20)26-32(28,29)21-9-7-8-18(16-21)24(27)25-17(2)22-10-5-6-11-23(22)30-3/h5-17,26H,4H2,1-3H3,(H,25,27). The van der Waals surface area contributed by atoms with Crippen molar-refractivity contribution in [3.8, 4) is 11.5 Å². The molecule has 0 bridgehead atoms. The molecule has 3 aromatic rings. The Kier molecular flexibility index (Phi) is 7.37. The van der Waals surface area contributed by atoms with E-state index in [1.807, 2.05) is 38.1 Å². The van der Waals surface area contributed by atoms with Crippen molar-refractivity contribution in [1.82, 2.24) is 5.32 Å². The number of para-hydroxylation sites is 1. The topological polar surface area (TPSA) is 93.7 Å². The van der Waals surface area contributed by atoms with E-state index in [9.17, 15) is 13.2 Å². The molecular weight excluding hydrogens is 428 g/mol. The Hall–Kier alpha value is -3.52. The molecule has 1 atom stereocenters. The van der Waals surface area contributed by atoms with Crippen molar-refractivity contribution in [2.75, 3.05) is 18.4 Å². The van der Waals surface area contributed by atoms with Gasteiger partial charge in [-0.2, -0.15) is 0 Å². The van der Waals surface area contributed by atoms with Gasteiger partial charge in [0.2, 0.25) is 0 Å². The van der Waals surface area contributed by atoms with Gasteiger partial charge in [-0.25, -0.2) is 8.42 Å². The predicted octanol–water partition coefficient (Wildman–Crippen LogP) is 4.39. The van der Waals surface area contributed by atoms with Crippen LogP contribution in [0.5, 0.6) is 11.5 Å². The third-order valence-electron chi connectivity index (χ3n) is 4.78. The summed E-state index contributed by atoms with van der Waals surface area (Å²) in [7, 11) is -2.31. The Morgan fingerprint density at radius 3 is 2.41 bits per heavy atom. The minimum atomic E-state index is -3.88. The molecule has 0 aliphatic rings. The van der Waals surface area contributed by atoms with E-state index in [-0.39, 0.29) is 22.4 Å². The molecule has 0 heterocycles. The lowest BCUT2D eigenvalue weighted by Crippen LogP contribution is -2.27. The van der Waals surface area contributed by atoms with Crippen LogP contribution in [0.15, 0.2) is 77.7 Å². The van der Waals surface area contributed by atoms with Crippen LogP contribution in [-0.2, 0) is 10.0 Å². The smallest absolute Gasteiger partial charge is 0.261 e. The fourth-order valence-electron chi connectivity index (χ4n) is 3.19. The van der Waals surface area contributed by atoms with Crippen molar-refractivity contribution >= 4 is 21.6 Å². The lowest BCUT2D eigenvalue weighted by atomic mass is 10.1. The maximum absolute atomic E-state index is 12.8. The van der Waals surface area contributed by atoms with Crippen molar-refractivity contribution in [1.29, 1.82) is 0 Å². The quantitative estimate of drug-likeness (QED) is 0.500. The molecule has 0 fully saturated rings. The van der Waals surface area contributed by atoms with E-state index in [1.165, 1.54) is 18.2 Å². The van der Waals surface area contributed by atoms with E-state index in [0.29, 0.717) is 23.8 Å². The summed E-state index contributed by atoms with van der Waals surface area (Å²) in [6, 6.07) is 19.6. The second-order valence-electron chi connectivity index (χ2n) is 7.03. The fraction of sp³-hybridized carbons (Fsp3) is 0.208. The zero-order valence-electron chi connectivity index (χ0n) is 18.2. The zero-order valence-corrected chi connectivity index (χ0v) is 19.0. The van der Waals surface area contributed by atoms with E-state index < -0.39 is 10.0 Å². The number of carbonyl (C=O) groups is 1. The summed E-state index contributed by atoms with van der Waals surface area (Å²) >= 11 is 0. The summed E-state index contributed by atoms with van der Waals surface area (Å²) in [5.74, 6) is 0.927. The molecular formula is C24H26N2O5S. The summed E-state index contributed by atoms with van der Waals surface area (Å²) in [6.07, 6.45) is 0. The van der Waals surface area contributed by atoms with E-state index in [1.54, 1.807) is 37.4 Å². The van der Waals surface area contributed by atoms with Gasteiger partial charge in [-0.15, -0.1) is 0 Å². The molecule has 0 saturated heterocycles. The van der Waals surface area contributed by atoms with Crippen LogP contribution in [0.3, 0.4) is 0 Å². The molecule has 2 N–H and O–H groups in total. The van der Waals surface area contributed by atoms with Gasteiger partial charge in [0.1, 0.15) is 11.5 Å². The van der Waals surface area contributed by atoms with Gasteiger partial charge >= 0.3 is 0 Å². The van der Waals surface area contributed by atoms with Crippen LogP contribution in [0.1, 0.15) is 35.8 Å². The summed E-state index contributed by atoms with van der Waals surface area (Å²) in [6.45, 7) is 4.23. The van der Waals surface area contributed by atoms with Crippen molar-refractivity contribution in [2.24, 2.45) is 0 Å². The maximum Gasteiger partial charge on any atom is 0.261 e. The van der Waals surface area contributed by atoms with Gasteiger partial charge in [0.25, 0.3) is 15.9 Å². The normalized spacial score (nSPS) is 12.0. The first-order valence-corrected chi connectivity index (χ1v) is 11.6. The largest absolute Gasteiger partial charge is 0.496 e. The SMILES string of the molecule is CCOc1ccc(NS(=O)(=O)c2cccc(C(=O)NC(C)c3ccccc3OC)c2)cc1. The second-order valence-corrected chi connectivity index (χ2v) is 8.71. The highest BCUT2D eigenvalue weighted by molar-refractivity contribution is 7.92. The highest BCUT2D eigenvalue weighted by atomic mass is 32.2. The van der Waals surface area contributed by atoms with Gasteiger partial charge in [0.05, 0.1) is 24.7 Å². The van der Waals surface area contributed by atoms with Gasteiger partial charge in [0.15, 0.2) is 0 Å². The highest BCUT2D eigenvalue weighted by Gasteiger charge is 2.19. The van der Waals surface area contributed by atoms with E-state index >= 15 is 0 Å². The average molecular weight is 455 g/mol. The Morgan fingerprint density at radius 2 is 1.72 bits per heavy atom. The zero-order chi connectivity index (χ0) is 23.1. The maximum atomic E-state index is 12.8. The van der Waals surface area contributed by atoms with Gasteiger partial charge in [-0.3, -0.25) is 9.52 Å². The van der Waals surface area contributed by atoms with Crippen LogP contribution in [0, 0.1) is 0 Å². The molecule has 0 radical (unpaired) electrons. The number of hydrogen-bond donors (Lipinski definition) is 2. The Morgan fingerprint density at radius 1 is 1.00 bits per heavy atom. The molecule has 1 unspecified atom stereocenters. The van der Waals surface area contributed by atoms with Crippen molar-refractivity contribution in [3.63, 3.8) is 0 Å². The first-order valence-electron chi connectivity index (χ1n) is 10.1. The first-order chi connectivity index (χ1) is 15.3. The van der Waals surface area contributed by atoms with Crippen molar-refractivity contribution in [3.05, 3.63) is 83.9 Å². The van der Waals surface area contributed by atoms with Gasteiger partial charge in [-0.1, -0.05) is 24.3 Å². The Bertz CT molecular complexity index is 1180. The lowest BCUT2D eigenvalue weighted by molar-refractivity contribution is 0.0939. The van der Waals surface area contributed by atoms with Crippen molar-refractivity contribution < 1.29 is 22.7 Å². The molecule has 7 nitrogen and oxygen atoms in total. The van der Waals surface area contributed by atoms with Gasteiger partial charge < -0.3 is 14.8 Å². The molecule has 0 aliphatic carbocycles. The van der Waals surface area contributed by atoms with Crippen molar-refractivity contribution in [2.45, 2.75) is 24.8 Å². The van der Waals surface area contributed by atoms with E-state index in [0.717, 1.165) is 5.56 Å². The lowest BCUT2D eigenvalue weighted by Gasteiger charge is -2.17. The van der Waals surface area contributed by atoms with Crippen LogP contribution in [0.4, 0.5) is 5.69 Å². The predicted molar refractivity (Wildman–Crippen MR) is 124 cm³/mol. The van der Waals surface area contributed by atoms with E-state index in [2.05, 4.69) is 10.0 Å². The molecule has 32 heavy (non-hydrogen) atoms. The Labute approximate surface area is 188 Å². The number of hydrogen-bond acceptors (Lipinski definition) is 5. The summed E-state index contributed by atoms with van der Waals surface area (Å²) < 4.78 is 38.9. The number of rotatable bonds is 9. The van der Waals surface area contributed by atoms with Crippen LogP contribution in [0.2, 0.25) is 0 Å². The second kappa shape index (κ2) is 10.2. The molecule has 3 aromatic carbocycles. The number of methoxy groups -OCH3 is 1. The Balaban J connectivity index is 1.75. The third-order valence-corrected chi connectivity index (χ3v) is 6.16. The van der Waals surface area contributed by atoms with Crippen LogP contribution in [-0.4, -0.2) is 28.0 Å². The summed E-state index contributed by atoms with van der Waals surface area (Å²) in [5, 5.41) is 2.89. The van der Waals surface area contributed by atoms with E-state index in [4.69, 9.17) is 9.47 Å². The molecule has 0 saturated carbocycles. The van der Waals surface area contributed by atoms with Crippen LogP contribution < -0.4 is 19.5 Å². The molecule has 0 spiro atoms. The van der Waals surface area contributed by atoms with Crippen LogP contribution >= 0.6 is 0 Å². The molecule has 168 valence electrons. The van der Waals surface area contributed by atoms with Gasteiger partial charge in [-0.05, 0) is 62.4 Å². The minimum absolute atomic E-state index is 0.0102. The third kappa shape index (κ3) is 5.59. The summed E-state index contributed by atoms with van der Waals surface area (Å²) in [4.78, 5) is 12.8. The summed E-state index contributed by atoms with van der Waals surface area (Å²) in [5.41, 5.74) is 1.46. The number of ether oxygens (including phenoxy) is 2.